The van der Waals surface area contributed by atoms with Gasteiger partial charge in [0.15, 0.2) is 0 Å². The highest BCUT2D eigenvalue weighted by Gasteiger charge is 2.14. The highest BCUT2D eigenvalue weighted by atomic mass is 16.6. The second-order valence-electron chi connectivity index (χ2n) is 4.16. The van der Waals surface area contributed by atoms with Crippen molar-refractivity contribution in [1.82, 2.24) is 0 Å². The van der Waals surface area contributed by atoms with Crippen molar-refractivity contribution in [3.05, 3.63) is 46.0 Å². The fourth-order valence-electron chi connectivity index (χ4n) is 1.53. The van der Waals surface area contributed by atoms with Gasteiger partial charge in [-0.25, -0.2) is 0 Å². The number of nitrogens with zero attached hydrogens (tertiary/aromatic N) is 1. The summed E-state index contributed by atoms with van der Waals surface area (Å²) in [6.45, 7) is 8.98. The molecule has 0 radical (unpaired) electrons. The minimum atomic E-state index is -0.385. The molecule has 0 aliphatic rings. The zero-order chi connectivity index (χ0) is 13.5. The third-order valence-electron chi connectivity index (χ3n) is 2.34. The second kappa shape index (κ2) is 6.76. The molecule has 1 aromatic carbocycles. The second-order valence-corrected chi connectivity index (χ2v) is 4.16. The van der Waals surface area contributed by atoms with Gasteiger partial charge in [-0.1, -0.05) is 24.3 Å². The Kier molecular flexibility index (Phi) is 5.32. The Morgan fingerprint density at radius 2 is 2.28 bits per heavy atom. The number of nitro groups is 1. The standard InChI is InChI=1S/C13H18N2O3/c1-10(2)9-18-8-7-14-13-11(3)5-4-6-12(13)15(16)17/h4-6,14H,1,7-9H2,2-3H3. The van der Waals surface area contributed by atoms with Crippen LogP contribution in [-0.4, -0.2) is 24.7 Å². The maximum Gasteiger partial charge on any atom is 0.292 e. The molecule has 1 N–H and O–H groups in total. The van der Waals surface area contributed by atoms with Crippen LogP contribution in [0.4, 0.5) is 11.4 Å². The first kappa shape index (κ1) is 14.2. The van der Waals surface area contributed by atoms with Gasteiger partial charge in [-0.2, -0.15) is 0 Å². The summed E-state index contributed by atoms with van der Waals surface area (Å²) in [5, 5.41) is 13.9. The van der Waals surface area contributed by atoms with Crippen molar-refractivity contribution >= 4 is 11.4 Å². The summed E-state index contributed by atoms with van der Waals surface area (Å²) in [5.74, 6) is 0. The molecule has 0 aliphatic heterocycles. The van der Waals surface area contributed by atoms with E-state index in [0.29, 0.717) is 25.4 Å². The summed E-state index contributed by atoms with van der Waals surface area (Å²) in [4.78, 5) is 10.5. The summed E-state index contributed by atoms with van der Waals surface area (Å²) < 4.78 is 5.33. The molecule has 0 saturated heterocycles. The molecular weight excluding hydrogens is 232 g/mol. The van der Waals surface area contributed by atoms with Crippen LogP contribution in [0.15, 0.2) is 30.4 Å². The highest BCUT2D eigenvalue weighted by Crippen LogP contribution is 2.27. The minimum absolute atomic E-state index is 0.0925. The zero-order valence-corrected chi connectivity index (χ0v) is 10.7. The van der Waals surface area contributed by atoms with Gasteiger partial charge in [0.1, 0.15) is 5.69 Å². The van der Waals surface area contributed by atoms with Crippen LogP contribution in [0.25, 0.3) is 0 Å². The molecule has 5 heteroatoms. The first-order chi connectivity index (χ1) is 8.52. The van der Waals surface area contributed by atoms with E-state index in [2.05, 4.69) is 11.9 Å². The van der Waals surface area contributed by atoms with Crippen molar-refractivity contribution in [1.29, 1.82) is 0 Å². The molecule has 98 valence electrons. The molecule has 0 saturated carbocycles. The molecule has 0 aromatic heterocycles. The Hall–Kier alpha value is -1.88. The quantitative estimate of drug-likeness (QED) is 0.350. The normalized spacial score (nSPS) is 10.1. The topological polar surface area (TPSA) is 64.4 Å². The van der Waals surface area contributed by atoms with E-state index in [4.69, 9.17) is 4.74 Å². The van der Waals surface area contributed by atoms with Crippen LogP contribution in [0.3, 0.4) is 0 Å². The van der Waals surface area contributed by atoms with Crippen LogP contribution in [0.1, 0.15) is 12.5 Å². The smallest absolute Gasteiger partial charge is 0.292 e. The van der Waals surface area contributed by atoms with E-state index < -0.39 is 0 Å². The monoisotopic (exact) mass is 250 g/mol. The molecular formula is C13H18N2O3. The van der Waals surface area contributed by atoms with Crippen molar-refractivity contribution in [3.63, 3.8) is 0 Å². The van der Waals surface area contributed by atoms with Crippen LogP contribution < -0.4 is 5.32 Å². The minimum Gasteiger partial charge on any atom is -0.377 e. The Balaban J connectivity index is 2.56. The van der Waals surface area contributed by atoms with Crippen LogP contribution in [0.2, 0.25) is 0 Å². The van der Waals surface area contributed by atoms with Crippen molar-refractivity contribution in [3.8, 4) is 0 Å². The summed E-state index contributed by atoms with van der Waals surface area (Å²) >= 11 is 0. The van der Waals surface area contributed by atoms with Gasteiger partial charge in [-0.15, -0.1) is 0 Å². The maximum absolute atomic E-state index is 10.9. The molecule has 0 unspecified atom stereocenters. The van der Waals surface area contributed by atoms with E-state index in [0.717, 1.165) is 11.1 Å². The van der Waals surface area contributed by atoms with Gasteiger partial charge in [0.05, 0.1) is 18.1 Å². The summed E-state index contributed by atoms with van der Waals surface area (Å²) in [6, 6.07) is 5.00. The summed E-state index contributed by atoms with van der Waals surface area (Å²) in [7, 11) is 0. The summed E-state index contributed by atoms with van der Waals surface area (Å²) in [5.41, 5.74) is 2.46. The van der Waals surface area contributed by atoms with Crippen molar-refractivity contribution < 1.29 is 9.66 Å². The number of nitrogens with one attached hydrogen (secondary N) is 1. The van der Waals surface area contributed by atoms with Gasteiger partial charge in [0.2, 0.25) is 0 Å². The average Bonchev–Trinajstić information content (AvgIpc) is 2.29. The lowest BCUT2D eigenvalue weighted by atomic mass is 10.1. The first-order valence-corrected chi connectivity index (χ1v) is 5.72. The molecule has 0 spiro atoms. The van der Waals surface area contributed by atoms with Gasteiger partial charge < -0.3 is 10.1 Å². The predicted octanol–water partition coefficient (Wildman–Crippen LogP) is 2.91. The fraction of sp³-hybridized carbons (Fsp3) is 0.385. The molecule has 0 bridgehead atoms. The molecule has 5 nitrogen and oxygen atoms in total. The summed E-state index contributed by atoms with van der Waals surface area (Å²) in [6.07, 6.45) is 0. The Morgan fingerprint density at radius 3 is 2.89 bits per heavy atom. The van der Waals surface area contributed by atoms with Crippen LogP contribution in [0.5, 0.6) is 0 Å². The van der Waals surface area contributed by atoms with Crippen LogP contribution >= 0.6 is 0 Å². The molecule has 1 aromatic rings. The molecule has 0 heterocycles. The van der Waals surface area contributed by atoms with Gasteiger partial charge >= 0.3 is 0 Å². The lowest BCUT2D eigenvalue weighted by Gasteiger charge is -2.10. The van der Waals surface area contributed by atoms with Crippen LogP contribution in [0, 0.1) is 17.0 Å². The van der Waals surface area contributed by atoms with E-state index in [9.17, 15) is 10.1 Å². The van der Waals surface area contributed by atoms with E-state index in [1.54, 1.807) is 6.07 Å². The van der Waals surface area contributed by atoms with E-state index in [-0.39, 0.29) is 10.6 Å². The fourth-order valence-corrected chi connectivity index (χ4v) is 1.53. The van der Waals surface area contributed by atoms with Crippen molar-refractivity contribution in [2.24, 2.45) is 0 Å². The van der Waals surface area contributed by atoms with Gasteiger partial charge in [0.25, 0.3) is 5.69 Å². The van der Waals surface area contributed by atoms with E-state index in [1.807, 2.05) is 19.9 Å². The van der Waals surface area contributed by atoms with Gasteiger partial charge in [-0.3, -0.25) is 10.1 Å². The number of benzene rings is 1. The Bertz CT molecular complexity index is 444. The molecule has 1 rings (SSSR count). The van der Waals surface area contributed by atoms with Crippen LogP contribution in [-0.2, 0) is 4.74 Å². The number of para-hydroxylation sites is 1. The number of ether oxygens (including phenoxy) is 1. The number of anilines is 1. The number of hydrogen-bond donors (Lipinski definition) is 1. The first-order valence-electron chi connectivity index (χ1n) is 5.72. The van der Waals surface area contributed by atoms with Gasteiger partial charge in [0, 0.05) is 12.6 Å². The zero-order valence-electron chi connectivity index (χ0n) is 10.7. The number of rotatable bonds is 7. The lowest BCUT2D eigenvalue weighted by molar-refractivity contribution is -0.384. The molecule has 0 aliphatic carbocycles. The molecule has 0 atom stereocenters. The third kappa shape index (κ3) is 4.18. The molecule has 0 amide bonds. The molecule has 0 fully saturated rings. The van der Waals surface area contributed by atoms with Crippen molar-refractivity contribution in [2.75, 3.05) is 25.1 Å². The number of hydrogen-bond acceptors (Lipinski definition) is 4. The third-order valence-corrected chi connectivity index (χ3v) is 2.34. The van der Waals surface area contributed by atoms with E-state index >= 15 is 0 Å². The highest BCUT2D eigenvalue weighted by molar-refractivity contribution is 5.65. The Morgan fingerprint density at radius 1 is 1.56 bits per heavy atom. The SMILES string of the molecule is C=C(C)COCCNc1c(C)cccc1[N+](=O)[O-]. The predicted molar refractivity (Wildman–Crippen MR) is 72.0 cm³/mol. The Labute approximate surface area is 107 Å². The largest absolute Gasteiger partial charge is 0.377 e. The number of nitro benzene ring substituents is 1. The maximum atomic E-state index is 10.9. The van der Waals surface area contributed by atoms with E-state index in [1.165, 1.54) is 6.07 Å². The average molecular weight is 250 g/mol. The number of aryl methyl sites for hydroxylation is 1. The van der Waals surface area contributed by atoms with Gasteiger partial charge in [-0.05, 0) is 19.4 Å². The van der Waals surface area contributed by atoms with Crippen molar-refractivity contribution in [2.45, 2.75) is 13.8 Å². The lowest BCUT2D eigenvalue weighted by Crippen LogP contribution is -2.12. The molecule has 18 heavy (non-hydrogen) atoms.